The van der Waals surface area contributed by atoms with E-state index in [-0.39, 0.29) is 11.3 Å². The number of nitrogens with two attached hydrogens (primary N) is 1. The molecule has 0 radical (unpaired) electrons. The number of hydrogen-bond donors (Lipinski definition) is 1. The lowest BCUT2D eigenvalue weighted by Crippen LogP contribution is -2.25. The van der Waals surface area contributed by atoms with Gasteiger partial charge < -0.3 is 15.2 Å². The van der Waals surface area contributed by atoms with Crippen molar-refractivity contribution in [3.05, 3.63) is 29.6 Å². The van der Waals surface area contributed by atoms with Gasteiger partial charge in [0.1, 0.15) is 5.82 Å². The summed E-state index contributed by atoms with van der Waals surface area (Å²) < 4.78 is 22.0. The molecule has 0 aromatic heterocycles. The third-order valence-corrected chi connectivity index (χ3v) is 2.05. The van der Waals surface area contributed by atoms with Gasteiger partial charge in [-0.1, -0.05) is 0 Å². The maximum absolute atomic E-state index is 12.9. The van der Waals surface area contributed by atoms with Crippen LogP contribution in [-0.2, 0) is 14.3 Å². The van der Waals surface area contributed by atoms with Crippen LogP contribution in [0.2, 0.25) is 0 Å². The highest BCUT2D eigenvalue weighted by Gasteiger charge is 2.19. The van der Waals surface area contributed by atoms with Crippen LogP contribution in [0.1, 0.15) is 17.3 Å². The van der Waals surface area contributed by atoms with E-state index in [0.29, 0.717) is 0 Å². The molecule has 6 heteroatoms. The normalized spacial score (nSPS) is 11.7. The molecule has 1 rings (SSSR count). The van der Waals surface area contributed by atoms with E-state index >= 15 is 0 Å². The lowest BCUT2D eigenvalue weighted by Gasteiger charge is -2.11. The Morgan fingerprint density at radius 3 is 2.59 bits per heavy atom. The van der Waals surface area contributed by atoms with Crippen LogP contribution in [0.15, 0.2) is 18.2 Å². The maximum atomic E-state index is 12.9. The zero-order valence-electron chi connectivity index (χ0n) is 9.40. The average Bonchev–Trinajstić information content (AvgIpc) is 2.31. The molecule has 1 atom stereocenters. The summed E-state index contributed by atoms with van der Waals surface area (Å²) in [7, 11) is 1.18. The Bertz CT molecular complexity index is 447. The number of rotatable bonds is 3. The Balaban J connectivity index is 2.76. The summed E-state index contributed by atoms with van der Waals surface area (Å²) in [5, 5.41) is 0. The summed E-state index contributed by atoms with van der Waals surface area (Å²) in [5.74, 6) is -2.06. The van der Waals surface area contributed by atoms with Crippen molar-refractivity contribution < 1.29 is 23.5 Å². The van der Waals surface area contributed by atoms with Crippen LogP contribution in [0, 0.1) is 5.82 Å². The molecule has 1 unspecified atom stereocenters. The fourth-order valence-corrected chi connectivity index (χ4v) is 1.11. The van der Waals surface area contributed by atoms with Crippen molar-refractivity contribution in [3.63, 3.8) is 0 Å². The molecule has 1 aromatic carbocycles. The van der Waals surface area contributed by atoms with Gasteiger partial charge in [0.15, 0.2) is 6.10 Å². The molecular formula is C11H12FNO4. The van der Waals surface area contributed by atoms with Gasteiger partial charge in [-0.05, 0) is 25.1 Å². The minimum atomic E-state index is -1.03. The fourth-order valence-electron chi connectivity index (χ4n) is 1.11. The first-order valence-electron chi connectivity index (χ1n) is 4.79. The SMILES string of the molecule is COC(=O)C(C)OC(=O)c1ccc(F)c(N)c1. The molecule has 0 bridgehead atoms. The third kappa shape index (κ3) is 3.17. The lowest BCUT2D eigenvalue weighted by molar-refractivity contribution is -0.149. The van der Waals surface area contributed by atoms with Crippen molar-refractivity contribution in [1.82, 2.24) is 0 Å². The number of ether oxygens (including phenoxy) is 2. The summed E-state index contributed by atoms with van der Waals surface area (Å²) in [4.78, 5) is 22.5. The zero-order valence-corrected chi connectivity index (χ0v) is 9.40. The van der Waals surface area contributed by atoms with E-state index in [2.05, 4.69) is 4.74 Å². The molecule has 0 aliphatic carbocycles. The van der Waals surface area contributed by atoms with Crippen LogP contribution >= 0.6 is 0 Å². The monoisotopic (exact) mass is 241 g/mol. The Kier molecular flexibility index (Phi) is 4.03. The quantitative estimate of drug-likeness (QED) is 0.633. The van der Waals surface area contributed by atoms with Crippen molar-refractivity contribution in [2.24, 2.45) is 0 Å². The molecular weight excluding hydrogens is 229 g/mol. The Morgan fingerprint density at radius 1 is 1.41 bits per heavy atom. The van der Waals surface area contributed by atoms with Crippen LogP contribution in [0.3, 0.4) is 0 Å². The molecule has 0 aliphatic heterocycles. The molecule has 2 N–H and O–H groups in total. The lowest BCUT2D eigenvalue weighted by atomic mass is 10.2. The Morgan fingerprint density at radius 2 is 2.06 bits per heavy atom. The van der Waals surface area contributed by atoms with Gasteiger partial charge in [-0.15, -0.1) is 0 Å². The second kappa shape index (κ2) is 5.29. The minimum absolute atomic E-state index is 0.0691. The van der Waals surface area contributed by atoms with Gasteiger partial charge in [-0.25, -0.2) is 14.0 Å². The van der Waals surface area contributed by atoms with Crippen LogP contribution in [0.4, 0.5) is 10.1 Å². The topological polar surface area (TPSA) is 78.6 Å². The first-order chi connectivity index (χ1) is 7.95. The van der Waals surface area contributed by atoms with Crippen LogP contribution < -0.4 is 5.73 Å². The van der Waals surface area contributed by atoms with Crippen molar-refractivity contribution >= 4 is 17.6 Å². The summed E-state index contributed by atoms with van der Waals surface area (Å²) in [6, 6.07) is 3.41. The van der Waals surface area contributed by atoms with Crippen LogP contribution in [0.25, 0.3) is 0 Å². The number of carbonyl (C=O) groups excluding carboxylic acids is 2. The first kappa shape index (κ1) is 13.0. The van der Waals surface area contributed by atoms with E-state index in [1.165, 1.54) is 20.1 Å². The third-order valence-electron chi connectivity index (χ3n) is 2.05. The smallest absolute Gasteiger partial charge is 0.346 e. The van der Waals surface area contributed by atoms with E-state index in [1.54, 1.807) is 0 Å². The maximum Gasteiger partial charge on any atom is 0.346 e. The molecule has 0 spiro atoms. The summed E-state index contributed by atoms with van der Waals surface area (Å²) in [6.45, 7) is 1.37. The number of anilines is 1. The van der Waals surface area contributed by atoms with Crippen molar-refractivity contribution in [3.8, 4) is 0 Å². The van der Waals surface area contributed by atoms with Gasteiger partial charge >= 0.3 is 11.9 Å². The number of carbonyl (C=O) groups is 2. The number of nitrogen functional groups attached to an aromatic ring is 1. The number of benzene rings is 1. The number of methoxy groups -OCH3 is 1. The summed E-state index contributed by atoms with van der Waals surface area (Å²) in [6.07, 6.45) is -1.03. The van der Waals surface area contributed by atoms with Crippen molar-refractivity contribution in [1.29, 1.82) is 0 Å². The second-order valence-electron chi connectivity index (χ2n) is 3.31. The fraction of sp³-hybridized carbons (Fsp3) is 0.273. The first-order valence-corrected chi connectivity index (χ1v) is 4.79. The largest absolute Gasteiger partial charge is 0.466 e. The zero-order chi connectivity index (χ0) is 13.0. The minimum Gasteiger partial charge on any atom is -0.466 e. The predicted octanol–water partition coefficient (Wildman–Crippen LogP) is 1.13. The van der Waals surface area contributed by atoms with Gasteiger partial charge in [0.05, 0.1) is 18.4 Å². The van der Waals surface area contributed by atoms with E-state index in [4.69, 9.17) is 10.5 Å². The van der Waals surface area contributed by atoms with Crippen LogP contribution in [-0.4, -0.2) is 25.2 Å². The van der Waals surface area contributed by atoms with Crippen LogP contribution in [0.5, 0.6) is 0 Å². The van der Waals surface area contributed by atoms with Gasteiger partial charge in [-0.3, -0.25) is 0 Å². The molecule has 17 heavy (non-hydrogen) atoms. The predicted molar refractivity (Wildman–Crippen MR) is 57.7 cm³/mol. The average molecular weight is 241 g/mol. The molecule has 0 saturated heterocycles. The Hall–Kier alpha value is -2.11. The van der Waals surface area contributed by atoms with E-state index < -0.39 is 23.9 Å². The molecule has 0 amide bonds. The molecule has 5 nitrogen and oxygen atoms in total. The van der Waals surface area contributed by atoms with Gasteiger partial charge in [-0.2, -0.15) is 0 Å². The van der Waals surface area contributed by atoms with Gasteiger partial charge in [0.25, 0.3) is 0 Å². The summed E-state index contributed by atoms with van der Waals surface area (Å²) in [5.41, 5.74) is 5.21. The number of halogens is 1. The van der Waals surface area contributed by atoms with E-state index in [1.807, 2.05) is 0 Å². The number of hydrogen-bond acceptors (Lipinski definition) is 5. The highest BCUT2D eigenvalue weighted by molar-refractivity contribution is 5.92. The van der Waals surface area contributed by atoms with E-state index in [0.717, 1.165) is 12.1 Å². The molecule has 0 heterocycles. The second-order valence-corrected chi connectivity index (χ2v) is 3.31. The molecule has 0 fully saturated rings. The highest BCUT2D eigenvalue weighted by atomic mass is 19.1. The molecule has 1 aromatic rings. The molecule has 92 valence electrons. The van der Waals surface area contributed by atoms with Crippen molar-refractivity contribution in [2.75, 3.05) is 12.8 Å². The summed E-state index contributed by atoms with van der Waals surface area (Å²) >= 11 is 0. The van der Waals surface area contributed by atoms with Gasteiger partial charge in [0, 0.05) is 0 Å². The molecule has 0 aliphatic rings. The highest BCUT2D eigenvalue weighted by Crippen LogP contribution is 2.13. The molecule has 0 saturated carbocycles. The number of esters is 2. The van der Waals surface area contributed by atoms with Gasteiger partial charge in [0.2, 0.25) is 0 Å². The van der Waals surface area contributed by atoms with Crippen molar-refractivity contribution in [2.45, 2.75) is 13.0 Å². The van der Waals surface area contributed by atoms with E-state index in [9.17, 15) is 14.0 Å². The Labute approximate surface area is 97.3 Å². The standard InChI is InChI=1S/C11H12FNO4/c1-6(10(14)16-2)17-11(15)7-3-4-8(12)9(13)5-7/h3-6H,13H2,1-2H3.